The number of aliphatic hydroxyl groups is 2. The average molecular weight is 306 g/mol. The highest BCUT2D eigenvalue weighted by Crippen LogP contribution is 2.59. The van der Waals surface area contributed by atoms with E-state index in [-0.39, 0.29) is 17.3 Å². The summed E-state index contributed by atoms with van der Waals surface area (Å²) in [6, 6.07) is 0. The van der Waals surface area contributed by atoms with E-state index in [0.29, 0.717) is 17.8 Å². The van der Waals surface area contributed by atoms with Gasteiger partial charge in [0.05, 0.1) is 12.2 Å². The smallest absolute Gasteiger partial charge is 0.0838 e. The SMILES string of the molecule is CC1=C2C[C@@]3(C)CC[C@H](C(C)C)[C@@H]3[C@@H](O)[C@@H](O)[C@H](C)[C@@H]2CC1. The second kappa shape index (κ2) is 5.63. The van der Waals surface area contributed by atoms with Gasteiger partial charge in [-0.15, -0.1) is 0 Å². The second-order valence-corrected chi connectivity index (χ2v) is 9.09. The van der Waals surface area contributed by atoms with Gasteiger partial charge in [-0.25, -0.2) is 0 Å². The lowest BCUT2D eigenvalue weighted by atomic mass is 9.62. The monoisotopic (exact) mass is 306 g/mol. The zero-order chi connectivity index (χ0) is 16.2. The quantitative estimate of drug-likeness (QED) is 0.714. The zero-order valence-corrected chi connectivity index (χ0v) is 15.0. The number of allylic oxidation sites excluding steroid dienone is 2. The fourth-order valence-corrected chi connectivity index (χ4v) is 6.06. The van der Waals surface area contributed by atoms with E-state index >= 15 is 0 Å². The first-order valence-electron chi connectivity index (χ1n) is 9.31. The van der Waals surface area contributed by atoms with Crippen molar-refractivity contribution in [3.05, 3.63) is 11.1 Å². The third-order valence-electron chi connectivity index (χ3n) is 7.48. The molecule has 22 heavy (non-hydrogen) atoms. The molecule has 0 aliphatic heterocycles. The number of aliphatic hydroxyl groups excluding tert-OH is 2. The highest BCUT2D eigenvalue weighted by Gasteiger charge is 2.54. The summed E-state index contributed by atoms with van der Waals surface area (Å²) >= 11 is 0. The third kappa shape index (κ3) is 2.38. The second-order valence-electron chi connectivity index (χ2n) is 9.09. The molecule has 3 aliphatic rings. The largest absolute Gasteiger partial charge is 0.390 e. The average Bonchev–Trinajstić information content (AvgIpc) is 2.98. The molecule has 2 fully saturated rings. The van der Waals surface area contributed by atoms with Gasteiger partial charge in [0.25, 0.3) is 0 Å². The predicted octanol–water partition coefficient (Wildman–Crippen LogP) is 4.16. The van der Waals surface area contributed by atoms with Crippen LogP contribution in [0.3, 0.4) is 0 Å². The molecular formula is C20H34O2. The van der Waals surface area contributed by atoms with Crippen molar-refractivity contribution < 1.29 is 10.2 Å². The molecule has 3 aliphatic carbocycles. The first kappa shape index (κ1) is 16.5. The fraction of sp³-hybridized carbons (Fsp3) is 0.900. The molecule has 126 valence electrons. The van der Waals surface area contributed by atoms with Crippen LogP contribution in [0.15, 0.2) is 11.1 Å². The van der Waals surface area contributed by atoms with Crippen LogP contribution >= 0.6 is 0 Å². The standard InChI is InChI=1S/C20H34O2/c1-11(2)14-8-9-20(5)10-16-12(3)6-7-15(16)13(4)18(21)19(22)17(14)20/h11,13-15,17-19,21-22H,6-10H2,1-5H3/t13-,14-,15+,17-,18+,19-,20-/m1/s1. The van der Waals surface area contributed by atoms with Crippen molar-refractivity contribution >= 4 is 0 Å². The van der Waals surface area contributed by atoms with E-state index in [1.54, 1.807) is 11.1 Å². The van der Waals surface area contributed by atoms with E-state index in [1.807, 2.05) is 0 Å². The summed E-state index contributed by atoms with van der Waals surface area (Å²) in [7, 11) is 0. The Kier molecular flexibility index (Phi) is 4.23. The molecule has 0 aromatic rings. The van der Waals surface area contributed by atoms with Crippen LogP contribution in [0.4, 0.5) is 0 Å². The van der Waals surface area contributed by atoms with Crippen LogP contribution in [0.5, 0.6) is 0 Å². The van der Waals surface area contributed by atoms with E-state index in [4.69, 9.17) is 0 Å². The number of hydrogen-bond donors (Lipinski definition) is 2. The lowest BCUT2D eigenvalue weighted by Gasteiger charge is -2.46. The van der Waals surface area contributed by atoms with Crippen molar-refractivity contribution in [1.29, 1.82) is 0 Å². The number of rotatable bonds is 1. The van der Waals surface area contributed by atoms with Gasteiger partial charge in [0.15, 0.2) is 0 Å². The van der Waals surface area contributed by atoms with Gasteiger partial charge in [-0.2, -0.15) is 0 Å². The van der Waals surface area contributed by atoms with E-state index in [1.165, 1.54) is 25.7 Å². The molecule has 0 aromatic carbocycles. The molecule has 2 nitrogen and oxygen atoms in total. The Bertz CT molecular complexity index is 466. The minimum Gasteiger partial charge on any atom is -0.390 e. The Morgan fingerprint density at radius 3 is 2.45 bits per heavy atom. The van der Waals surface area contributed by atoms with Gasteiger partial charge in [0.2, 0.25) is 0 Å². The van der Waals surface area contributed by atoms with Crippen molar-refractivity contribution in [2.45, 2.75) is 78.9 Å². The van der Waals surface area contributed by atoms with Crippen molar-refractivity contribution in [3.63, 3.8) is 0 Å². The minimum absolute atomic E-state index is 0.161. The first-order valence-corrected chi connectivity index (χ1v) is 9.31. The van der Waals surface area contributed by atoms with Crippen LogP contribution in [0.1, 0.15) is 66.7 Å². The molecule has 2 heteroatoms. The van der Waals surface area contributed by atoms with Crippen LogP contribution in [0.2, 0.25) is 0 Å². The summed E-state index contributed by atoms with van der Waals surface area (Å²) in [5.74, 6) is 2.03. The molecule has 7 atom stereocenters. The highest BCUT2D eigenvalue weighted by molar-refractivity contribution is 5.26. The summed E-state index contributed by atoms with van der Waals surface area (Å²) < 4.78 is 0. The molecule has 2 N–H and O–H groups in total. The number of hydrogen-bond acceptors (Lipinski definition) is 2. The summed E-state index contributed by atoms with van der Waals surface area (Å²) in [5.41, 5.74) is 3.35. The Morgan fingerprint density at radius 1 is 1.14 bits per heavy atom. The Morgan fingerprint density at radius 2 is 1.82 bits per heavy atom. The van der Waals surface area contributed by atoms with Gasteiger partial charge in [0, 0.05) is 0 Å². The maximum Gasteiger partial charge on any atom is 0.0838 e. The molecule has 0 aromatic heterocycles. The van der Waals surface area contributed by atoms with Crippen molar-refractivity contribution in [2.24, 2.45) is 35.0 Å². The fourth-order valence-electron chi connectivity index (χ4n) is 6.06. The lowest BCUT2D eigenvalue weighted by Crippen LogP contribution is -2.49. The molecule has 0 spiro atoms. The van der Waals surface area contributed by atoms with Crippen molar-refractivity contribution in [1.82, 2.24) is 0 Å². The highest BCUT2D eigenvalue weighted by atomic mass is 16.3. The molecule has 0 unspecified atom stereocenters. The molecule has 0 radical (unpaired) electrons. The predicted molar refractivity (Wildman–Crippen MR) is 90.4 cm³/mol. The van der Waals surface area contributed by atoms with E-state index in [9.17, 15) is 10.2 Å². The topological polar surface area (TPSA) is 40.5 Å². The van der Waals surface area contributed by atoms with Gasteiger partial charge in [-0.3, -0.25) is 0 Å². The van der Waals surface area contributed by atoms with Gasteiger partial charge < -0.3 is 10.2 Å². The van der Waals surface area contributed by atoms with Crippen LogP contribution in [0.25, 0.3) is 0 Å². The van der Waals surface area contributed by atoms with Crippen LogP contribution in [-0.2, 0) is 0 Å². The maximum absolute atomic E-state index is 11.0. The molecule has 0 bridgehead atoms. The van der Waals surface area contributed by atoms with Gasteiger partial charge >= 0.3 is 0 Å². The van der Waals surface area contributed by atoms with Crippen molar-refractivity contribution in [3.8, 4) is 0 Å². The first-order chi connectivity index (χ1) is 10.3. The maximum atomic E-state index is 11.0. The summed E-state index contributed by atoms with van der Waals surface area (Å²) in [4.78, 5) is 0. The Balaban J connectivity index is 2.03. The molecule has 0 heterocycles. The molecule has 0 amide bonds. The van der Waals surface area contributed by atoms with E-state index < -0.39 is 12.2 Å². The van der Waals surface area contributed by atoms with Crippen LogP contribution in [-0.4, -0.2) is 22.4 Å². The van der Waals surface area contributed by atoms with Gasteiger partial charge in [0.1, 0.15) is 0 Å². The summed E-state index contributed by atoms with van der Waals surface area (Å²) in [6.45, 7) is 11.4. The molecule has 0 saturated heterocycles. The van der Waals surface area contributed by atoms with E-state index in [2.05, 4.69) is 34.6 Å². The molecular weight excluding hydrogens is 272 g/mol. The summed E-state index contributed by atoms with van der Waals surface area (Å²) in [6.07, 6.45) is 4.76. The lowest BCUT2D eigenvalue weighted by molar-refractivity contribution is -0.0991. The van der Waals surface area contributed by atoms with Crippen LogP contribution < -0.4 is 0 Å². The third-order valence-corrected chi connectivity index (χ3v) is 7.48. The summed E-state index contributed by atoms with van der Waals surface area (Å²) in [5, 5.41) is 21.9. The zero-order valence-electron chi connectivity index (χ0n) is 15.0. The molecule has 2 saturated carbocycles. The molecule has 3 rings (SSSR count). The normalized spacial score (nSPS) is 49.1. The Hall–Kier alpha value is -0.340. The van der Waals surface area contributed by atoms with Crippen LogP contribution in [0, 0.1) is 35.0 Å². The van der Waals surface area contributed by atoms with Gasteiger partial charge in [-0.05, 0) is 74.0 Å². The number of fused-ring (bicyclic) bond motifs is 2. The van der Waals surface area contributed by atoms with Crippen molar-refractivity contribution in [2.75, 3.05) is 0 Å². The van der Waals surface area contributed by atoms with E-state index in [0.717, 1.165) is 6.42 Å². The Labute approximate surface area is 136 Å². The van der Waals surface area contributed by atoms with Gasteiger partial charge in [-0.1, -0.05) is 38.8 Å². The minimum atomic E-state index is -0.574.